The Morgan fingerprint density at radius 3 is 2.65 bits per heavy atom. The largest absolute Gasteiger partial charge is 0.462 e. The van der Waals surface area contributed by atoms with Gasteiger partial charge in [-0.2, -0.15) is 0 Å². The number of fused-ring (bicyclic) bond motifs is 1. The van der Waals surface area contributed by atoms with Crippen molar-refractivity contribution in [3.05, 3.63) is 64.3 Å². The second kappa shape index (κ2) is 8.39. The molecule has 0 bridgehead atoms. The molecule has 0 spiro atoms. The second-order valence-corrected chi connectivity index (χ2v) is 6.21. The van der Waals surface area contributed by atoms with Crippen LogP contribution in [0.15, 0.2) is 42.5 Å². The van der Waals surface area contributed by atoms with Gasteiger partial charge in [-0.1, -0.05) is 17.7 Å². The van der Waals surface area contributed by atoms with Crippen LogP contribution in [-0.2, 0) is 4.74 Å². The monoisotopic (exact) mass is 390 g/mol. The van der Waals surface area contributed by atoms with Gasteiger partial charge in [0.25, 0.3) is 0 Å². The molecule has 3 aromatic rings. The van der Waals surface area contributed by atoms with E-state index in [1.165, 1.54) is 0 Å². The minimum absolute atomic E-state index is 0. The van der Waals surface area contributed by atoms with Gasteiger partial charge in [-0.15, -0.1) is 12.4 Å². The number of rotatable bonds is 4. The van der Waals surface area contributed by atoms with Crippen molar-refractivity contribution in [2.24, 2.45) is 0 Å². The molecule has 0 saturated heterocycles. The first-order valence-electron chi connectivity index (χ1n) is 8.10. The van der Waals surface area contributed by atoms with Gasteiger partial charge in [0.05, 0.1) is 17.7 Å². The Labute approximate surface area is 163 Å². The molecule has 136 valence electrons. The predicted molar refractivity (Wildman–Crippen MR) is 109 cm³/mol. The summed E-state index contributed by atoms with van der Waals surface area (Å²) in [4.78, 5) is 16.6. The highest BCUT2D eigenvalue weighted by molar-refractivity contribution is 6.31. The third kappa shape index (κ3) is 4.09. The molecule has 4 nitrogen and oxygen atoms in total. The van der Waals surface area contributed by atoms with Gasteiger partial charge in [0.15, 0.2) is 0 Å². The van der Waals surface area contributed by atoms with Gasteiger partial charge in [0.1, 0.15) is 0 Å². The molecule has 1 heterocycles. The van der Waals surface area contributed by atoms with Crippen molar-refractivity contribution < 1.29 is 9.53 Å². The van der Waals surface area contributed by atoms with Gasteiger partial charge >= 0.3 is 5.97 Å². The molecule has 1 N–H and O–H groups in total. The molecular weight excluding hydrogens is 371 g/mol. The Morgan fingerprint density at radius 2 is 1.92 bits per heavy atom. The number of ether oxygens (including phenoxy) is 1. The molecule has 1 aromatic heterocycles. The van der Waals surface area contributed by atoms with E-state index in [1.54, 1.807) is 13.0 Å². The fourth-order valence-corrected chi connectivity index (χ4v) is 2.87. The van der Waals surface area contributed by atoms with Crippen LogP contribution in [0.4, 0.5) is 11.4 Å². The number of benzene rings is 2. The summed E-state index contributed by atoms with van der Waals surface area (Å²) in [6.07, 6.45) is 0. The number of anilines is 2. The van der Waals surface area contributed by atoms with Crippen molar-refractivity contribution >= 4 is 52.3 Å². The van der Waals surface area contributed by atoms with Crippen molar-refractivity contribution in [2.75, 3.05) is 11.9 Å². The van der Waals surface area contributed by atoms with Gasteiger partial charge in [0.2, 0.25) is 0 Å². The lowest BCUT2D eigenvalue weighted by Crippen LogP contribution is -2.05. The van der Waals surface area contributed by atoms with E-state index in [2.05, 4.69) is 10.3 Å². The number of carbonyl (C=O) groups is 1. The number of halogens is 2. The summed E-state index contributed by atoms with van der Waals surface area (Å²) in [6.45, 7) is 6.04. The van der Waals surface area contributed by atoms with Gasteiger partial charge in [-0.05, 0) is 62.7 Å². The lowest BCUT2D eigenvalue weighted by atomic mass is 10.1. The number of pyridine rings is 1. The van der Waals surface area contributed by atoms with Crippen LogP contribution in [0.2, 0.25) is 5.02 Å². The van der Waals surface area contributed by atoms with E-state index in [0.29, 0.717) is 17.2 Å². The van der Waals surface area contributed by atoms with Crippen LogP contribution in [0.5, 0.6) is 0 Å². The Balaban J connectivity index is 0.00000243. The Morgan fingerprint density at radius 1 is 1.15 bits per heavy atom. The van der Waals surface area contributed by atoms with E-state index in [4.69, 9.17) is 16.3 Å². The molecular formula is C20H20Cl2N2O2. The minimum Gasteiger partial charge on any atom is -0.462 e. The van der Waals surface area contributed by atoms with Crippen LogP contribution < -0.4 is 5.32 Å². The van der Waals surface area contributed by atoms with Crippen molar-refractivity contribution in [3.63, 3.8) is 0 Å². The zero-order valence-electron chi connectivity index (χ0n) is 14.8. The summed E-state index contributed by atoms with van der Waals surface area (Å²) in [5, 5.41) is 4.98. The third-order valence-corrected chi connectivity index (χ3v) is 4.39. The van der Waals surface area contributed by atoms with E-state index in [9.17, 15) is 4.79 Å². The van der Waals surface area contributed by atoms with Crippen molar-refractivity contribution in [3.8, 4) is 0 Å². The molecule has 0 aliphatic rings. The quantitative estimate of drug-likeness (QED) is 0.567. The molecule has 0 aliphatic carbocycles. The average molecular weight is 391 g/mol. The summed E-state index contributed by atoms with van der Waals surface area (Å²) < 4.78 is 5.10. The normalized spacial score (nSPS) is 10.3. The Hall–Kier alpha value is -2.30. The highest BCUT2D eigenvalue weighted by Crippen LogP contribution is 2.31. The third-order valence-electron chi connectivity index (χ3n) is 3.98. The lowest BCUT2D eigenvalue weighted by Gasteiger charge is -2.14. The van der Waals surface area contributed by atoms with E-state index < -0.39 is 0 Å². The number of nitrogens with one attached hydrogen (secondary N) is 1. The maximum atomic E-state index is 12.0. The molecule has 0 radical (unpaired) electrons. The number of hydrogen-bond acceptors (Lipinski definition) is 4. The smallest absolute Gasteiger partial charge is 0.338 e. The van der Waals surface area contributed by atoms with Crippen LogP contribution in [0.1, 0.15) is 28.5 Å². The van der Waals surface area contributed by atoms with Crippen molar-refractivity contribution in [1.29, 1.82) is 0 Å². The summed E-state index contributed by atoms with van der Waals surface area (Å²) in [6, 6.07) is 13.1. The molecule has 0 atom stereocenters. The molecule has 0 unspecified atom stereocenters. The van der Waals surface area contributed by atoms with Gasteiger partial charge in [-0.3, -0.25) is 4.98 Å². The first-order chi connectivity index (χ1) is 12.0. The van der Waals surface area contributed by atoms with E-state index in [0.717, 1.165) is 33.5 Å². The lowest BCUT2D eigenvalue weighted by molar-refractivity contribution is 0.0526. The van der Waals surface area contributed by atoms with E-state index >= 15 is 0 Å². The molecule has 0 fully saturated rings. The summed E-state index contributed by atoms with van der Waals surface area (Å²) in [7, 11) is 0. The summed E-state index contributed by atoms with van der Waals surface area (Å²) >= 11 is 6.22. The molecule has 6 heteroatoms. The van der Waals surface area contributed by atoms with Gasteiger partial charge in [0, 0.05) is 27.5 Å². The number of aromatic nitrogens is 1. The zero-order chi connectivity index (χ0) is 18.0. The SMILES string of the molecule is CCOC(=O)c1ccc2nc(C)cc(Nc3cccc(Cl)c3C)c2c1.Cl. The van der Waals surface area contributed by atoms with Gasteiger partial charge in [-0.25, -0.2) is 4.79 Å². The average Bonchev–Trinajstić information content (AvgIpc) is 2.58. The molecule has 0 amide bonds. The van der Waals surface area contributed by atoms with Crippen LogP contribution in [0.3, 0.4) is 0 Å². The van der Waals surface area contributed by atoms with Crippen LogP contribution >= 0.6 is 24.0 Å². The van der Waals surface area contributed by atoms with E-state index in [-0.39, 0.29) is 18.4 Å². The number of nitrogens with zero attached hydrogens (tertiary/aromatic N) is 1. The Kier molecular flexibility index (Phi) is 6.46. The Bertz CT molecular complexity index is 958. The first-order valence-corrected chi connectivity index (χ1v) is 8.48. The van der Waals surface area contributed by atoms with Gasteiger partial charge < -0.3 is 10.1 Å². The molecule has 0 saturated carbocycles. The predicted octanol–water partition coefficient (Wildman–Crippen LogP) is 5.85. The van der Waals surface area contributed by atoms with Crippen LogP contribution in [-0.4, -0.2) is 17.6 Å². The number of aryl methyl sites for hydroxylation is 1. The van der Waals surface area contributed by atoms with Crippen molar-refractivity contribution in [1.82, 2.24) is 4.98 Å². The molecule has 3 rings (SSSR count). The molecule has 2 aromatic carbocycles. The fraction of sp³-hybridized carbons (Fsp3) is 0.200. The first kappa shape index (κ1) is 20.0. The molecule has 26 heavy (non-hydrogen) atoms. The zero-order valence-corrected chi connectivity index (χ0v) is 16.4. The number of hydrogen-bond donors (Lipinski definition) is 1. The number of carbonyl (C=O) groups excluding carboxylic acids is 1. The van der Waals surface area contributed by atoms with Crippen molar-refractivity contribution in [2.45, 2.75) is 20.8 Å². The molecule has 0 aliphatic heterocycles. The van der Waals surface area contributed by atoms with E-state index in [1.807, 2.05) is 50.2 Å². The van der Waals surface area contributed by atoms with Crippen LogP contribution in [0, 0.1) is 13.8 Å². The topological polar surface area (TPSA) is 51.2 Å². The van der Waals surface area contributed by atoms with Crippen LogP contribution in [0.25, 0.3) is 10.9 Å². The summed E-state index contributed by atoms with van der Waals surface area (Å²) in [5.74, 6) is -0.338. The standard InChI is InChI=1S/C20H19ClN2O2.ClH/c1-4-25-20(24)14-8-9-18-15(11-14)19(10-12(2)22-18)23-17-7-5-6-16(21)13(17)3;/h5-11H,4H2,1-3H3,(H,22,23);1H. The highest BCUT2D eigenvalue weighted by atomic mass is 35.5. The maximum absolute atomic E-state index is 12.0. The highest BCUT2D eigenvalue weighted by Gasteiger charge is 2.12. The number of esters is 1. The summed E-state index contributed by atoms with van der Waals surface area (Å²) in [5.41, 5.74) is 4.97. The maximum Gasteiger partial charge on any atom is 0.338 e. The fourth-order valence-electron chi connectivity index (χ4n) is 2.69. The second-order valence-electron chi connectivity index (χ2n) is 5.80. The minimum atomic E-state index is -0.338.